The van der Waals surface area contributed by atoms with Crippen molar-refractivity contribution in [3.8, 4) is 5.75 Å². The van der Waals surface area contributed by atoms with Gasteiger partial charge in [0.25, 0.3) is 0 Å². The highest BCUT2D eigenvalue weighted by Crippen LogP contribution is 2.32. The largest absolute Gasteiger partial charge is 0.508 e. The predicted octanol–water partition coefficient (Wildman–Crippen LogP) is 3.25. The average Bonchev–Trinajstić information content (AvgIpc) is 2.21. The van der Waals surface area contributed by atoms with Crippen molar-refractivity contribution < 1.29 is 14.3 Å². The number of halogens is 1. The van der Waals surface area contributed by atoms with Crippen molar-refractivity contribution in [2.45, 2.75) is 33.6 Å². The lowest BCUT2D eigenvalue weighted by Gasteiger charge is -2.14. The smallest absolute Gasteiger partial charge is 0.227 e. The Balaban J connectivity index is 3.11. The minimum absolute atomic E-state index is 0.0833. The summed E-state index contributed by atoms with van der Waals surface area (Å²) in [6, 6.07) is 2.77. The zero-order valence-corrected chi connectivity index (χ0v) is 10.5. The van der Waals surface area contributed by atoms with Gasteiger partial charge >= 0.3 is 0 Å². The highest BCUT2D eigenvalue weighted by Gasteiger charge is 2.18. The minimum atomic E-state index is -0.561. The van der Waals surface area contributed by atoms with Crippen molar-refractivity contribution in [1.29, 1.82) is 0 Å². The number of hydrogen-bond donors (Lipinski definition) is 2. The quantitative estimate of drug-likeness (QED) is 0.795. The summed E-state index contributed by atoms with van der Waals surface area (Å²) in [6.07, 6.45) is 0. The lowest BCUT2D eigenvalue weighted by atomic mass is 10.0. The fourth-order valence-electron chi connectivity index (χ4n) is 1.51. The van der Waals surface area contributed by atoms with E-state index < -0.39 is 5.82 Å². The van der Waals surface area contributed by atoms with Crippen LogP contribution in [0.2, 0.25) is 0 Å². The van der Waals surface area contributed by atoms with Crippen LogP contribution in [-0.4, -0.2) is 11.0 Å². The molecule has 0 aromatic heterocycles. The van der Waals surface area contributed by atoms with Crippen LogP contribution in [0, 0.1) is 11.7 Å². The number of anilines is 1. The fourth-order valence-corrected chi connectivity index (χ4v) is 1.51. The van der Waals surface area contributed by atoms with Crippen LogP contribution in [0.4, 0.5) is 10.1 Å². The molecule has 0 atom stereocenters. The number of amides is 1. The number of phenolic OH excluding ortho intramolecular Hbond substituents is 1. The van der Waals surface area contributed by atoms with Crippen LogP contribution in [-0.2, 0) is 4.79 Å². The molecule has 1 aromatic carbocycles. The molecule has 0 aliphatic heterocycles. The number of aromatic hydroxyl groups is 1. The maximum Gasteiger partial charge on any atom is 0.227 e. The van der Waals surface area contributed by atoms with Gasteiger partial charge < -0.3 is 10.4 Å². The average molecular weight is 239 g/mol. The van der Waals surface area contributed by atoms with Crippen molar-refractivity contribution in [3.63, 3.8) is 0 Å². The van der Waals surface area contributed by atoms with Gasteiger partial charge in [-0.15, -0.1) is 0 Å². The first-order valence-corrected chi connectivity index (χ1v) is 5.66. The van der Waals surface area contributed by atoms with Gasteiger partial charge in [0.05, 0.1) is 5.69 Å². The first kappa shape index (κ1) is 13.5. The number of benzene rings is 1. The van der Waals surface area contributed by atoms with E-state index in [1.807, 2.05) is 0 Å². The van der Waals surface area contributed by atoms with E-state index in [0.717, 1.165) is 0 Å². The summed E-state index contributed by atoms with van der Waals surface area (Å²) in [6.45, 7) is 7.03. The molecular weight excluding hydrogens is 221 g/mol. The third-order valence-electron chi connectivity index (χ3n) is 2.52. The number of nitrogens with one attached hydrogen (secondary N) is 1. The second-order valence-electron chi connectivity index (χ2n) is 4.66. The first-order chi connectivity index (χ1) is 7.84. The van der Waals surface area contributed by atoms with Crippen molar-refractivity contribution in [2.75, 3.05) is 5.32 Å². The molecule has 0 aliphatic rings. The van der Waals surface area contributed by atoms with E-state index in [4.69, 9.17) is 0 Å². The molecule has 17 heavy (non-hydrogen) atoms. The SMILES string of the molecule is CC(C)C(=O)Nc1ccc(O)c(C(C)C)c1F. The van der Waals surface area contributed by atoms with Crippen molar-refractivity contribution >= 4 is 11.6 Å². The Morgan fingerprint density at radius 2 is 1.88 bits per heavy atom. The van der Waals surface area contributed by atoms with E-state index >= 15 is 0 Å². The molecule has 0 saturated carbocycles. The van der Waals surface area contributed by atoms with Crippen LogP contribution in [0.5, 0.6) is 5.75 Å². The Kier molecular flexibility index (Phi) is 4.10. The summed E-state index contributed by atoms with van der Waals surface area (Å²) >= 11 is 0. The highest BCUT2D eigenvalue weighted by molar-refractivity contribution is 5.92. The second-order valence-corrected chi connectivity index (χ2v) is 4.66. The Morgan fingerprint density at radius 3 is 2.35 bits per heavy atom. The summed E-state index contributed by atoms with van der Waals surface area (Å²) in [5.41, 5.74) is 0.344. The maximum atomic E-state index is 14.0. The summed E-state index contributed by atoms with van der Waals surface area (Å²) < 4.78 is 14.0. The van der Waals surface area contributed by atoms with Crippen LogP contribution in [0.15, 0.2) is 12.1 Å². The normalized spacial score (nSPS) is 11.0. The minimum Gasteiger partial charge on any atom is -0.508 e. The molecule has 1 amide bonds. The molecule has 94 valence electrons. The van der Waals surface area contributed by atoms with Crippen molar-refractivity contribution in [1.82, 2.24) is 0 Å². The van der Waals surface area contributed by atoms with E-state index in [0.29, 0.717) is 0 Å². The van der Waals surface area contributed by atoms with Crippen LogP contribution in [0.25, 0.3) is 0 Å². The number of hydrogen-bond acceptors (Lipinski definition) is 2. The molecule has 0 aliphatic carbocycles. The lowest BCUT2D eigenvalue weighted by Crippen LogP contribution is -2.19. The molecular formula is C13H18FNO2. The van der Waals surface area contributed by atoms with E-state index in [9.17, 15) is 14.3 Å². The zero-order chi connectivity index (χ0) is 13.2. The molecule has 4 heteroatoms. The highest BCUT2D eigenvalue weighted by atomic mass is 19.1. The summed E-state index contributed by atoms with van der Waals surface area (Å²) in [5, 5.41) is 12.1. The molecule has 0 unspecified atom stereocenters. The number of carbonyl (C=O) groups excluding carboxylic acids is 1. The molecule has 0 heterocycles. The molecule has 3 nitrogen and oxygen atoms in total. The summed E-state index contributed by atoms with van der Waals surface area (Å²) in [4.78, 5) is 11.5. The van der Waals surface area contributed by atoms with Crippen molar-refractivity contribution in [2.24, 2.45) is 5.92 Å². The summed E-state index contributed by atoms with van der Waals surface area (Å²) in [7, 11) is 0. The van der Waals surface area contributed by atoms with Crippen LogP contribution in [0.3, 0.4) is 0 Å². The topological polar surface area (TPSA) is 49.3 Å². The molecule has 0 radical (unpaired) electrons. The maximum absolute atomic E-state index is 14.0. The fraction of sp³-hybridized carbons (Fsp3) is 0.462. The standard InChI is InChI=1S/C13H18FNO2/c1-7(2)11-10(16)6-5-9(12(11)14)15-13(17)8(3)4/h5-8,16H,1-4H3,(H,15,17). The van der Waals surface area contributed by atoms with Gasteiger partial charge in [0.1, 0.15) is 5.75 Å². The van der Waals surface area contributed by atoms with Gasteiger partial charge in [-0.05, 0) is 18.1 Å². The Hall–Kier alpha value is -1.58. The Morgan fingerprint density at radius 1 is 1.29 bits per heavy atom. The molecule has 0 spiro atoms. The van der Waals surface area contributed by atoms with Crippen LogP contribution < -0.4 is 5.32 Å². The number of phenols is 1. The number of carbonyl (C=O) groups is 1. The third-order valence-corrected chi connectivity index (χ3v) is 2.52. The molecule has 0 fully saturated rings. The lowest BCUT2D eigenvalue weighted by molar-refractivity contribution is -0.118. The second kappa shape index (κ2) is 5.17. The molecule has 1 aromatic rings. The zero-order valence-electron chi connectivity index (χ0n) is 10.5. The number of rotatable bonds is 3. The van der Waals surface area contributed by atoms with Gasteiger partial charge in [-0.1, -0.05) is 27.7 Å². The molecule has 2 N–H and O–H groups in total. The van der Waals surface area contributed by atoms with Crippen molar-refractivity contribution in [3.05, 3.63) is 23.5 Å². The Bertz CT molecular complexity index is 428. The van der Waals surface area contributed by atoms with Gasteiger partial charge in [-0.2, -0.15) is 0 Å². The molecule has 1 rings (SSSR count). The Labute approximate surface area is 101 Å². The van der Waals surface area contributed by atoms with E-state index in [1.165, 1.54) is 12.1 Å². The van der Waals surface area contributed by atoms with Gasteiger partial charge in [0.2, 0.25) is 5.91 Å². The van der Waals surface area contributed by atoms with Crippen LogP contribution >= 0.6 is 0 Å². The van der Waals surface area contributed by atoms with Gasteiger partial charge in [0, 0.05) is 11.5 Å². The van der Waals surface area contributed by atoms with Gasteiger partial charge in [-0.25, -0.2) is 4.39 Å². The molecule has 0 bridgehead atoms. The van der Waals surface area contributed by atoms with E-state index in [1.54, 1.807) is 27.7 Å². The molecule has 0 saturated heterocycles. The predicted molar refractivity (Wildman–Crippen MR) is 65.6 cm³/mol. The van der Waals surface area contributed by atoms with E-state index in [-0.39, 0.29) is 34.7 Å². The summed E-state index contributed by atoms with van der Waals surface area (Å²) in [5.74, 6) is -1.25. The third kappa shape index (κ3) is 2.96. The van der Waals surface area contributed by atoms with Gasteiger partial charge in [-0.3, -0.25) is 4.79 Å². The van der Waals surface area contributed by atoms with Crippen LogP contribution in [0.1, 0.15) is 39.2 Å². The van der Waals surface area contributed by atoms with Gasteiger partial charge in [0.15, 0.2) is 5.82 Å². The van der Waals surface area contributed by atoms with E-state index in [2.05, 4.69) is 5.32 Å². The first-order valence-electron chi connectivity index (χ1n) is 5.66. The monoisotopic (exact) mass is 239 g/mol.